The highest BCUT2D eigenvalue weighted by Crippen LogP contribution is 2.21. The molecule has 0 atom stereocenters. The van der Waals surface area contributed by atoms with Crippen molar-refractivity contribution in [2.24, 2.45) is 0 Å². The third kappa shape index (κ3) is 3.70. The van der Waals surface area contributed by atoms with Gasteiger partial charge in [0.2, 0.25) is 5.88 Å². The zero-order valence-corrected chi connectivity index (χ0v) is 13.0. The summed E-state index contributed by atoms with van der Waals surface area (Å²) in [7, 11) is 1.67. The first kappa shape index (κ1) is 15.3. The van der Waals surface area contributed by atoms with Gasteiger partial charge in [0.25, 0.3) is 0 Å². The molecule has 4 heteroatoms. The van der Waals surface area contributed by atoms with E-state index in [2.05, 4.69) is 35.1 Å². The van der Waals surface area contributed by atoms with E-state index >= 15 is 0 Å². The maximum absolute atomic E-state index is 5.21. The van der Waals surface area contributed by atoms with Crippen molar-refractivity contribution in [3.05, 3.63) is 23.9 Å². The summed E-state index contributed by atoms with van der Waals surface area (Å²) in [6, 6.07) is 6.00. The summed E-state index contributed by atoms with van der Waals surface area (Å²) in [5, 5.41) is 3.75. The van der Waals surface area contributed by atoms with Crippen LogP contribution in [0.4, 0.5) is 0 Å². The van der Waals surface area contributed by atoms with Crippen molar-refractivity contribution in [1.29, 1.82) is 0 Å². The molecule has 2 heterocycles. The predicted octanol–water partition coefficient (Wildman–Crippen LogP) is 2.44. The average molecular weight is 277 g/mol. The Labute approximate surface area is 122 Å². The molecule has 1 aliphatic heterocycles. The lowest BCUT2D eigenvalue weighted by atomic mass is 9.92. The van der Waals surface area contributed by atoms with Crippen molar-refractivity contribution in [3.8, 4) is 5.88 Å². The van der Waals surface area contributed by atoms with E-state index in [0.717, 1.165) is 31.9 Å². The second-order valence-electron chi connectivity index (χ2n) is 5.65. The van der Waals surface area contributed by atoms with Crippen molar-refractivity contribution in [2.45, 2.75) is 45.2 Å². The molecule has 1 aliphatic rings. The quantitative estimate of drug-likeness (QED) is 0.897. The highest BCUT2D eigenvalue weighted by molar-refractivity contribution is 5.15. The van der Waals surface area contributed by atoms with E-state index in [1.54, 1.807) is 7.11 Å². The van der Waals surface area contributed by atoms with Gasteiger partial charge in [-0.05, 0) is 38.4 Å². The Kier molecular flexibility index (Phi) is 5.38. The van der Waals surface area contributed by atoms with Crippen LogP contribution in [-0.4, -0.2) is 42.2 Å². The minimum atomic E-state index is 0.259. The van der Waals surface area contributed by atoms with Crippen LogP contribution in [0.1, 0.15) is 38.8 Å². The summed E-state index contributed by atoms with van der Waals surface area (Å²) >= 11 is 0. The number of methoxy groups -OCH3 is 1. The molecular formula is C16H27N3O. The molecule has 4 nitrogen and oxygen atoms in total. The van der Waals surface area contributed by atoms with Crippen LogP contribution in [0.15, 0.2) is 18.2 Å². The van der Waals surface area contributed by atoms with Gasteiger partial charge in [-0.1, -0.05) is 19.9 Å². The van der Waals surface area contributed by atoms with Crippen LogP contribution in [0, 0.1) is 0 Å². The molecule has 2 rings (SSSR count). The normalized spacial score (nSPS) is 19.6. The van der Waals surface area contributed by atoms with Gasteiger partial charge in [0.1, 0.15) is 0 Å². The fraction of sp³-hybridized carbons (Fsp3) is 0.688. The van der Waals surface area contributed by atoms with Gasteiger partial charge in [-0.15, -0.1) is 0 Å². The largest absolute Gasteiger partial charge is 0.481 e. The number of nitrogens with one attached hydrogen (secondary N) is 1. The maximum atomic E-state index is 5.21. The lowest BCUT2D eigenvalue weighted by molar-refractivity contribution is 0.189. The van der Waals surface area contributed by atoms with Gasteiger partial charge in [-0.25, -0.2) is 4.98 Å². The van der Waals surface area contributed by atoms with E-state index in [1.807, 2.05) is 12.1 Å². The Morgan fingerprint density at radius 2 is 2.15 bits per heavy atom. The summed E-state index contributed by atoms with van der Waals surface area (Å²) < 4.78 is 5.21. The second-order valence-corrected chi connectivity index (χ2v) is 5.65. The molecule has 0 bridgehead atoms. The van der Waals surface area contributed by atoms with E-state index in [-0.39, 0.29) is 5.54 Å². The molecule has 1 aromatic heterocycles. The number of rotatable bonds is 5. The molecule has 0 amide bonds. The molecule has 0 aliphatic carbocycles. The smallest absolute Gasteiger partial charge is 0.213 e. The lowest BCUT2D eigenvalue weighted by Crippen LogP contribution is -2.50. The number of pyridine rings is 1. The number of hydrogen-bond acceptors (Lipinski definition) is 4. The number of nitrogens with zero attached hydrogens (tertiary/aromatic N) is 2. The van der Waals surface area contributed by atoms with Crippen LogP contribution < -0.4 is 10.1 Å². The molecule has 0 saturated carbocycles. The van der Waals surface area contributed by atoms with Crippen molar-refractivity contribution in [3.63, 3.8) is 0 Å². The van der Waals surface area contributed by atoms with Gasteiger partial charge in [0, 0.05) is 24.7 Å². The first-order valence-corrected chi connectivity index (χ1v) is 7.68. The highest BCUT2D eigenvalue weighted by atomic mass is 16.5. The summed E-state index contributed by atoms with van der Waals surface area (Å²) in [6.45, 7) is 8.81. The molecule has 0 aromatic carbocycles. The van der Waals surface area contributed by atoms with E-state index in [0.29, 0.717) is 5.88 Å². The van der Waals surface area contributed by atoms with Gasteiger partial charge in [-0.3, -0.25) is 4.90 Å². The van der Waals surface area contributed by atoms with Gasteiger partial charge >= 0.3 is 0 Å². The Hall–Kier alpha value is -1.13. The van der Waals surface area contributed by atoms with E-state index in [1.165, 1.54) is 19.3 Å². The topological polar surface area (TPSA) is 37.4 Å². The number of hydrogen-bond donors (Lipinski definition) is 1. The Balaban J connectivity index is 2.06. The predicted molar refractivity (Wildman–Crippen MR) is 82.0 cm³/mol. The third-order valence-electron chi connectivity index (χ3n) is 4.41. The number of ether oxygens (including phenoxy) is 1. The zero-order chi connectivity index (χ0) is 14.4. The zero-order valence-electron chi connectivity index (χ0n) is 13.0. The minimum Gasteiger partial charge on any atom is -0.481 e. The van der Waals surface area contributed by atoms with Crippen molar-refractivity contribution in [1.82, 2.24) is 15.2 Å². The van der Waals surface area contributed by atoms with Crippen LogP contribution in [0.2, 0.25) is 0 Å². The van der Waals surface area contributed by atoms with E-state index < -0.39 is 0 Å². The lowest BCUT2D eigenvalue weighted by Gasteiger charge is -2.35. The van der Waals surface area contributed by atoms with Crippen LogP contribution in [-0.2, 0) is 6.54 Å². The van der Waals surface area contributed by atoms with Crippen LogP contribution in [0.25, 0.3) is 0 Å². The summed E-state index contributed by atoms with van der Waals surface area (Å²) in [6.07, 6.45) is 3.54. The molecular weight excluding hydrogens is 250 g/mol. The molecule has 20 heavy (non-hydrogen) atoms. The van der Waals surface area contributed by atoms with Gasteiger partial charge in [0.05, 0.1) is 12.8 Å². The Morgan fingerprint density at radius 3 is 2.85 bits per heavy atom. The molecule has 1 fully saturated rings. The Bertz CT molecular complexity index is 418. The summed E-state index contributed by atoms with van der Waals surface area (Å²) in [5.74, 6) is 0.702. The first-order chi connectivity index (χ1) is 9.71. The standard InChI is InChI=1S/C16H27N3O/c1-4-16(5-2)13-19(11-7-10-17-16)12-14-8-6-9-15(18-14)20-3/h6,8-9,17H,4-5,7,10-13H2,1-3H3. The fourth-order valence-electron chi connectivity index (χ4n) is 2.97. The third-order valence-corrected chi connectivity index (χ3v) is 4.41. The monoisotopic (exact) mass is 277 g/mol. The molecule has 0 spiro atoms. The molecule has 0 unspecified atom stereocenters. The highest BCUT2D eigenvalue weighted by Gasteiger charge is 2.30. The fourth-order valence-corrected chi connectivity index (χ4v) is 2.97. The summed E-state index contributed by atoms with van der Waals surface area (Å²) in [4.78, 5) is 7.05. The SMILES string of the molecule is CCC1(CC)CN(Cc2cccc(OC)n2)CCCN1. The number of aromatic nitrogens is 1. The van der Waals surface area contributed by atoms with Crippen LogP contribution in [0.5, 0.6) is 5.88 Å². The summed E-state index contributed by atoms with van der Waals surface area (Å²) in [5.41, 5.74) is 1.35. The molecule has 1 N–H and O–H groups in total. The maximum Gasteiger partial charge on any atom is 0.213 e. The van der Waals surface area contributed by atoms with E-state index in [9.17, 15) is 0 Å². The molecule has 0 radical (unpaired) electrons. The van der Waals surface area contributed by atoms with Gasteiger partial charge in [-0.2, -0.15) is 0 Å². The molecule has 112 valence electrons. The second kappa shape index (κ2) is 7.04. The van der Waals surface area contributed by atoms with Gasteiger partial charge in [0.15, 0.2) is 0 Å². The average Bonchev–Trinajstić information content (AvgIpc) is 2.70. The van der Waals surface area contributed by atoms with Crippen LogP contribution >= 0.6 is 0 Å². The molecule has 1 saturated heterocycles. The van der Waals surface area contributed by atoms with E-state index in [4.69, 9.17) is 4.74 Å². The van der Waals surface area contributed by atoms with Crippen molar-refractivity contribution >= 4 is 0 Å². The van der Waals surface area contributed by atoms with Crippen molar-refractivity contribution < 1.29 is 4.74 Å². The Morgan fingerprint density at radius 1 is 1.35 bits per heavy atom. The first-order valence-electron chi connectivity index (χ1n) is 7.68. The minimum absolute atomic E-state index is 0.259. The van der Waals surface area contributed by atoms with Crippen molar-refractivity contribution in [2.75, 3.05) is 26.7 Å². The van der Waals surface area contributed by atoms with Gasteiger partial charge < -0.3 is 10.1 Å². The molecule has 1 aromatic rings. The van der Waals surface area contributed by atoms with Crippen LogP contribution in [0.3, 0.4) is 0 Å².